The molecule has 0 amide bonds. The Morgan fingerprint density at radius 2 is 2.04 bits per heavy atom. The van der Waals surface area contributed by atoms with Crippen LogP contribution in [0.15, 0.2) is 53.7 Å². The smallest absolute Gasteiger partial charge is 0.213 e. The lowest BCUT2D eigenvalue weighted by molar-refractivity contribution is 0.179. The average molecular weight is 328 g/mol. The van der Waals surface area contributed by atoms with Crippen LogP contribution in [0.4, 0.5) is 0 Å². The van der Waals surface area contributed by atoms with Gasteiger partial charge < -0.3 is 20.5 Å². The predicted octanol–water partition coefficient (Wildman–Crippen LogP) is 2.10. The third-order valence-corrected chi connectivity index (χ3v) is 3.27. The van der Waals surface area contributed by atoms with Gasteiger partial charge in [0.05, 0.1) is 13.2 Å². The molecule has 1 unspecified atom stereocenters. The van der Waals surface area contributed by atoms with Gasteiger partial charge in [-0.1, -0.05) is 30.3 Å². The van der Waals surface area contributed by atoms with Crippen LogP contribution < -0.4 is 15.8 Å². The van der Waals surface area contributed by atoms with Crippen LogP contribution in [-0.2, 0) is 17.9 Å². The van der Waals surface area contributed by atoms with Crippen LogP contribution in [0.25, 0.3) is 0 Å². The number of methoxy groups -OCH3 is 1. The molecule has 3 N–H and O–H groups in total. The summed E-state index contributed by atoms with van der Waals surface area (Å²) in [7, 11) is 1.65. The predicted molar refractivity (Wildman–Crippen MR) is 94.8 cm³/mol. The van der Waals surface area contributed by atoms with Crippen molar-refractivity contribution in [1.29, 1.82) is 0 Å². The number of nitrogens with zero attached hydrogens (tertiary/aromatic N) is 2. The first-order valence-corrected chi connectivity index (χ1v) is 7.84. The fourth-order valence-corrected chi connectivity index (χ4v) is 2.13. The Kier molecular flexibility index (Phi) is 7.04. The minimum atomic E-state index is 0.112. The zero-order valence-corrected chi connectivity index (χ0v) is 14.1. The number of nitrogens with one attached hydrogen (secondary N) is 1. The summed E-state index contributed by atoms with van der Waals surface area (Å²) in [6.07, 6.45) is 1.71. The lowest BCUT2D eigenvalue weighted by atomic mass is 10.2. The van der Waals surface area contributed by atoms with Crippen LogP contribution in [0.3, 0.4) is 0 Å². The van der Waals surface area contributed by atoms with Crippen molar-refractivity contribution in [3.63, 3.8) is 0 Å². The van der Waals surface area contributed by atoms with Crippen molar-refractivity contribution in [2.75, 3.05) is 13.7 Å². The second kappa shape index (κ2) is 9.52. The largest absolute Gasteiger partial charge is 0.473 e. The van der Waals surface area contributed by atoms with E-state index in [1.54, 1.807) is 13.3 Å². The van der Waals surface area contributed by atoms with Gasteiger partial charge in [0.25, 0.3) is 0 Å². The summed E-state index contributed by atoms with van der Waals surface area (Å²) in [6.45, 7) is 3.50. The van der Waals surface area contributed by atoms with Gasteiger partial charge in [-0.15, -0.1) is 0 Å². The number of rotatable bonds is 8. The highest BCUT2D eigenvalue weighted by atomic mass is 16.5. The molecule has 1 atom stereocenters. The van der Waals surface area contributed by atoms with Crippen molar-refractivity contribution in [2.45, 2.75) is 26.1 Å². The number of aromatic nitrogens is 1. The molecule has 0 aliphatic carbocycles. The summed E-state index contributed by atoms with van der Waals surface area (Å²) < 4.78 is 10.8. The summed E-state index contributed by atoms with van der Waals surface area (Å²) in [5.41, 5.74) is 7.95. The van der Waals surface area contributed by atoms with Gasteiger partial charge in [-0.3, -0.25) is 0 Å². The lowest BCUT2D eigenvalue weighted by Gasteiger charge is -2.13. The number of ether oxygens (including phenoxy) is 2. The molecule has 24 heavy (non-hydrogen) atoms. The van der Waals surface area contributed by atoms with Crippen LogP contribution in [-0.4, -0.2) is 30.7 Å². The second-order valence-electron chi connectivity index (χ2n) is 5.48. The number of hydrogen-bond acceptors (Lipinski definition) is 4. The molecule has 0 aliphatic rings. The Labute approximate surface area is 142 Å². The quantitative estimate of drug-likeness (QED) is 0.573. The van der Waals surface area contributed by atoms with Crippen LogP contribution in [0.5, 0.6) is 5.88 Å². The molecule has 0 fully saturated rings. The molecule has 0 saturated heterocycles. The summed E-state index contributed by atoms with van der Waals surface area (Å²) in [4.78, 5) is 8.54. The molecule has 0 spiro atoms. The molecule has 128 valence electrons. The monoisotopic (exact) mass is 328 g/mol. The molecule has 6 heteroatoms. The van der Waals surface area contributed by atoms with Gasteiger partial charge in [0.2, 0.25) is 5.88 Å². The Morgan fingerprint density at radius 1 is 1.25 bits per heavy atom. The highest BCUT2D eigenvalue weighted by Crippen LogP contribution is 2.12. The summed E-state index contributed by atoms with van der Waals surface area (Å²) in [5.74, 6) is 0.967. The van der Waals surface area contributed by atoms with Gasteiger partial charge in [0.15, 0.2) is 5.96 Å². The van der Waals surface area contributed by atoms with Gasteiger partial charge in [-0.25, -0.2) is 9.98 Å². The van der Waals surface area contributed by atoms with E-state index in [2.05, 4.69) is 15.3 Å². The molecule has 0 saturated carbocycles. The average Bonchev–Trinajstić information content (AvgIpc) is 2.60. The van der Waals surface area contributed by atoms with E-state index in [4.69, 9.17) is 15.2 Å². The number of aliphatic imine (C=N–C) groups is 1. The first kappa shape index (κ1) is 17.7. The molecule has 2 aromatic rings. The van der Waals surface area contributed by atoms with Crippen molar-refractivity contribution < 1.29 is 9.47 Å². The van der Waals surface area contributed by atoms with Gasteiger partial charge in [0.1, 0.15) is 6.61 Å². The fraction of sp³-hybridized carbons (Fsp3) is 0.333. The van der Waals surface area contributed by atoms with Crippen molar-refractivity contribution in [1.82, 2.24) is 10.3 Å². The number of benzene rings is 1. The minimum Gasteiger partial charge on any atom is -0.473 e. The third-order valence-electron chi connectivity index (χ3n) is 3.27. The Bertz CT molecular complexity index is 646. The zero-order chi connectivity index (χ0) is 17.2. The van der Waals surface area contributed by atoms with E-state index in [1.165, 1.54) is 0 Å². The van der Waals surface area contributed by atoms with Crippen molar-refractivity contribution in [3.8, 4) is 5.88 Å². The molecule has 6 nitrogen and oxygen atoms in total. The topological polar surface area (TPSA) is 81.8 Å². The first-order chi connectivity index (χ1) is 11.7. The van der Waals surface area contributed by atoms with Gasteiger partial charge in [0, 0.05) is 25.4 Å². The van der Waals surface area contributed by atoms with Crippen LogP contribution in [0.2, 0.25) is 0 Å². The van der Waals surface area contributed by atoms with Gasteiger partial charge in [-0.2, -0.15) is 0 Å². The van der Waals surface area contributed by atoms with Crippen molar-refractivity contribution in [2.24, 2.45) is 10.7 Å². The maximum atomic E-state index is 5.86. The molecule has 1 heterocycles. The summed E-state index contributed by atoms with van der Waals surface area (Å²) in [6, 6.07) is 13.9. The highest BCUT2D eigenvalue weighted by molar-refractivity contribution is 5.78. The second-order valence-corrected chi connectivity index (χ2v) is 5.48. The SMILES string of the molecule is COCC(C)NC(N)=NCc1ccnc(OCc2ccccc2)c1. The number of guanidine groups is 1. The van der Waals surface area contributed by atoms with Crippen LogP contribution >= 0.6 is 0 Å². The van der Waals surface area contributed by atoms with E-state index in [0.29, 0.717) is 31.6 Å². The molecule has 1 aromatic heterocycles. The number of nitrogens with two attached hydrogens (primary N) is 1. The van der Waals surface area contributed by atoms with E-state index in [-0.39, 0.29) is 6.04 Å². The third kappa shape index (κ3) is 6.26. The molecule has 1 aromatic carbocycles. The summed E-state index contributed by atoms with van der Waals surface area (Å²) >= 11 is 0. The highest BCUT2D eigenvalue weighted by Gasteiger charge is 2.03. The Balaban J connectivity index is 1.88. The Morgan fingerprint density at radius 3 is 2.79 bits per heavy atom. The van der Waals surface area contributed by atoms with Crippen LogP contribution in [0.1, 0.15) is 18.1 Å². The van der Waals surface area contributed by atoms with Crippen molar-refractivity contribution >= 4 is 5.96 Å². The van der Waals surface area contributed by atoms with Crippen molar-refractivity contribution in [3.05, 3.63) is 59.8 Å². The maximum absolute atomic E-state index is 5.86. The molecular weight excluding hydrogens is 304 g/mol. The number of hydrogen-bond donors (Lipinski definition) is 2. The van der Waals surface area contributed by atoms with Gasteiger partial charge >= 0.3 is 0 Å². The fourth-order valence-electron chi connectivity index (χ4n) is 2.13. The van der Waals surface area contributed by atoms with Crippen LogP contribution in [0, 0.1) is 0 Å². The lowest BCUT2D eigenvalue weighted by Crippen LogP contribution is -2.40. The van der Waals surface area contributed by atoms with E-state index in [9.17, 15) is 0 Å². The standard InChI is InChI=1S/C18H24N4O2/c1-14(12-23-2)22-18(19)21-11-16-8-9-20-17(10-16)24-13-15-6-4-3-5-7-15/h3-10,14H,11-13H2,1-2H3,(H3,19,21,22). The van der Waals surface area contributed by atoms with Gasteiger partial charge in [-0.05, 0) is 24.1 Å². The number of pyridine rings is 1. The molecule has 2 rings (SSSR count). The molecule has 0 bridgehead atoms. The molecule has 0 aliphatic heterocycles. The Hall–Kier alpha value is -2.60. The normalized spacial score (nSPS) is 12.7. The first-order valence-electron chi connectivity index (χ1n) is 7.84. The zero-order valence-electron chi connectivity index (χ0n) is 14.1. The molecule has 0 radical (unpaired) electrons. The maximum Gasteiger partial charge on any atom is 0.213 e. The van der Waals surface area contributed by atoms with E-state index in [0.717, 1.165) is 11.1 Å². The minimum absolute atomic E-state index is 0.112. The van der Waals surface area contributed by atoms with E-state index < -0.39 is 0 Å². The van der Waals surface area contributed by atoms with E-state index in [1.807, 2.05) is 49.4 Å². The van der Waals surface area contributed by atoms with E-state index >= 15 is 0 Å². The summed E-state index contributed by atoms with van der Waals surface area (Å²) in [5, 5.41) is 3.07. The molecular formula is C18H24N4O2.